The van der Waals surface area contributed by atoms with Crippen molar-refractivity contribution in [1.82, 2.24) is 9.47 Å². The van der Waals surface area contributed by atoms with E-state index in [0.717, 1.165) is 35.9 Å². The number of ketones is 1. The van der Waals surface area contributed by atoms with E-state index in [2.05, 4.69) is 22.8 Å². The van der Waals surface area contributed by atoms with E-state index >= 15 is 0 Å². The predicted octanol–water partition coefficient (Wildman–Crippen LogP) is 2.94. The number of aryl methyl sites for hydroxylation is 1. The van der Waals surface area contributed by atoms with Gasteiger partial charge in [0.1, 0.15) is 12.3 Å². The number of nitrogens with zero attached hydrogens (tertiary/aromatic N) is 2. The van der Waals surface area contributed by atoms with Gasteiger partial charge in [-0.3, -0.25) is 9.59 Å². The van der Waals surface area contributed by atoms with Gasteiger partial charge >= 0.3 is 0 Å². The highest BCUT2D eigenvalue weighted by atomic mass is 16.5. The van der Waals surface area contributed by atoms with Crippen LogP contribution >= 0.6 is 0 Å². The zero-order valence-electron chi connectivity index (χ0n) is 15.3. The lowest BCUT2D eigenvalue weighted by molar-refractivity contribution is -0.146. The van der Waals surface area contributed by atoms with Gasteiger partial charge in [0, 0.05) is 30.1 Å². The van der Waals surface area contributed by atoms with Gasteiger partial charge in [-0.1, -0.05) is 24.6 Å². The summed E-state index contributed by atoms with van der Waals surface area (Å²) in [5, 5.41) is 1.15. The summed E-state index contributed by atoms with van der Waals surface area (Å²) in [6.07, 6.45) is 3.56. The molecule has 0 radical (unpaired) electrons. The zero-order valence-corrected chi connectivity index (χ0v) is 15.3. The Morgan fingerprint density at radius 2 is 2.12 bits per heavy atom. The number of para-hydroxylation sites is 1. The summed E-state index contributed by atoms with van der Waals surface area (Å²) in [7, 11) is 0. The van der Waals surface area contributed by atoms with Crippen LogP contribution < -0.4 is 0 Å². The first-order valence-corrected chi connectivity index (χ1v) is 9.60. The Hall–Kier alpha value is -2.14. The van der Waals surface area contributed by atoms with Gasteiger partial charge in [0.2, 0.25) is 5.91 Å². The molecule has 2 atom stereocenters. The number of morpholine rings is 1. The lowest BCUT2D eigenvalue weighted by Gasteiger charge is -2.41. The molecular weight excluding hydrogens is 328 g/mol. The first-order chi connectivity index (χ1) is 12.6. The molecule has 0 N–H and O–H groups in total. The third-order valence-corrected chi connectivity index (χ3v) is 5.86. The Morgan fingerprint density at radius 1 is 1.27 bits per heavy atom. The predicted molar refractivity (Wildman–Crippen MR) is 100.0 cm³/mol. The van der Waals surface area contributed by atoms with Gasteiger partial charge in [0.25, 0.3) is 0 Å². The van der Waals surface area contributed by atoms with Crippen LogP contribution in [0.15, 0.2) is 30.3 Å². The molecule has 4 rings (SSSR count). The van der Waals surface area contributed by atoms with Gasteiger partial charge < -0.3 is 14.2 Å². The smallest absolute Gasteiger partial charge is 0.242 e. The number of fused-ring (bicyclic) bond motifs is 1. The minimum Gasteiger partial charge on any atom is -0.377 e. The maximum atomic E-state index is 13.2. The number of aromatic nitrogens is 1. The van der Waals surface area contributed by atoms with E-state index in [4.69, 9.17) is 4.74 Å². The van der Waals surface area contributed by atoms with Crippen molar-refractivity contribution in [3.8, 4) is 0 Å². The van der Waals surface area contributed by atoms with Gasteiger partial charge in [-0.25, -0.2) is 0 Å². The molecule has 26 heavy (non-hydrogen) atoms. The Kier molecular flexibility index (Phi) is 4.81. The number of ether oxygens (including phenoxy) is 1. The van der Waals surface area contributed by atoms with Crippen molar-refractivity contribution in [3.05, 3.63) is 36.0 Å². The van der Waals surface area contributed by atoms with Crippen LogP contribution in [0.5, 0.6) is 0 Å². The summed E-state index contributed by atoms with van der Waals surface area (Å²) < 4.78 is 7.72. The molecule has 1 saturated carbocycles. The number of Topliss-reactive ketones (excluding diaryl/α,β-unsaturated/α-hetero) is 1. The molecule has 2 unspecified atom stereocenters. The first kappa shape index (κ1) is 17.3. The van der Waals surface area contributed by atoms with Crippen LogP contribution in [0.1, 0.15) is 31.4 Å². The number of hydrogen-bond acceptors (Lipinski definition) is 3. The summed E-state index contributed by atoms with van der Waals surface area (Å²) in [5.41, 5.74) is 2.16. The Bertz CT molecular complexity index is 826. The Labute approximate surface area is 153 Å². The van der Waals surface area contributed by atoms with Crippen LogP contribution in [-0.4, -0.2) is 47.0 Å². The van der Waals surface area contributed by atoms with Gasteiger partial charge in [0.05, 0.1) is 19.3 Å². The van der Waals surface area contributed by atoms with Crippen molar-refractivity contribution in [2.45, 2.75) is 45.2 Å². The summed E-state index contributed by atoms with van der Waals surface area (Å²) in [5.74, 6) is 0.323. The fraction of sp³-hybridized carbons (Fsp3) is 0.524. The highest BCUT2D eigenvalue weighted by Crippen LogP contribution is 2.29. The summed E-state index contributed by atoms with van der Waals surface area (Å²) in [4.78, 5) is 27.5. The summed E-state index contributed by atoms with van der Waals surface area (Å²) in [6, 6.07) is 10.1. The molecule has 1 aliphatic carbocycles. The van der Waals surface area contributed by atoms with Gasteiger partial charge in [0.15, 0.2) is 0 Å². The molecule has 1 saturated heterocycles. The van der Waals surface area contributed by atoms with Crippen LogP contribution in [0, 0.1) is 12.8 Å². The largest absolute Gasteiger partial charge is 0.377 e. The minimum absolute atomic E-state index is 0.0597. The number of benzene rings is 1. The van der Waals surface area contributed by atoms with Crippen molar-refractivity contribution in [1.29, 1.82) is 0 Å². The van der Waals surface area contributed by atoms with Crippen molar-refractivity contribution < 1.29 is 14.3 Å². The Morgan fingerprint density at radius 3 is 2.96 bits per heavy atom. The van der Waals surface area contributed by atoms with Crippen LogP contribution in [0.4, 0.5) is 0 Å². The molecule has 2 heterocycles. The van der Waals surface area contributed by atoms with E-state index in [1.54, 1.807) is 0 Å². The van der Waals surface area contributed by atoms with Crippen molar-refractivity contribution in [3.63, 3.8) is 0 Å². The number of rotatable bonds is 3. The molecule has 2 aliphatic rings. The second-order valence-electron chi connectivity index (χ2n) is 7.48. The van der Waals surface area contributed by atoms with E-state index in [9.17, 15) is 9.59 Å². The molecule has 2 aromatic rings. The normalized spacial score (nSPS) is 24.2. The second-order valence-corrected chi connectivity index (χ2v) is 7.48. The molecule has 138 valence electrons. The Balaban J connectivity index is 1.57. The van der Waals surface area contributed by atoms with E-state index in [0.29, 0.717) is 38.5 Å². The molecule has 1 amide bonds. The number of carbonyl (C=O) groups is 2. The third kappa shape index (κ3) is 3.16. The summed E-state index contributed by atoms with van der Waals surface area (Å²) >= 11 is 0. The highest BCUT2D eigenvalue weighted by molar-refractivity contribution is 5.86. The molecule has 0 spiro atoms. The van der Waals surface area contributed by atoms with Crippen molar-refractivity contribution >= 4 is 22.6 Å². The third-order valence-electron chi connectivity index (χ3n) is 5.86. The molecule has 0 bridgehead atoms. The van der Waals surface area contributed by atoms with Crippen molar-refractivity contribution in [2.24, 2.45) is 5.92 Å². The van der Waals surface area contributed by atoms with Crippen LogP contribution in [0.3, 0.4) is 0 Å². The van der Waals surface area contributed by atoms with E-state index in [1.807, 2.05) is 24.0 Å². The van der Waals surface area contributed by atoms with Crippen molar-refractivity contribution in [2.75, 3.05) is 19.8 Å². The molecular formula is C21H26N2O3. The quantitative estimate of drug-likeness (QED) is 0.852. The zero-order chi connectivity index (χ0) is 18.1. The van der Waals surface area contributed by atoms with Crippen LogP contribution in [-0.2, 0) is 20.9 Å². The fourth-order valence-electron chi connectivity index (χ4n) is 4.47. The topological polar surface area (TPSA) is 51.5 Å². The van der Waals surface area contributed by atoms with E-state index in [1.165, 1.54) is 0 Å². The molecule has 5 heteroatoms. The molecule has 1 aromatic carbocycles. The van der Waals surface area contributed by atoms with E-state index < -0.39 is 0 Å². The molecule has 1 aliphatic heterocycles. The molecule has 5 nitrogen and oxygen atoms in total. The van der Waals surface area contributed by atoms with Crippen LogP contribution in [0.2, 0.25) is 0 Å². The van der Waals surface area contributed by atoms with Gasteiger partial charge in [-0.15, -0.1) is 0 Å². The maximum absolute atomic E-state index is 13.2. The van der Waals surface area contributed by atoms with Gasteiger partial charge in [-0.05, 0) is 37.3 Å². The monoisotopic (exact) mass is 354 g/mol. The average Bonchev–Trinajstić information content (AvgIpc) is 2.97. The lowest BCUT2D eigenvalue weighted by Crippen LogP contribution is -2.55. The maximum Gasteiger partial charge on any atom is 0.242 e. The number of amides is 1. The first-order valence-electron chi connectivity index (χ1n) is 9.60. The fourth-order valence-corrected chi connectivity index (χ4v) is 4.47. The van der Waals surface area contributed by atoms with Gasteiger partial charge in [-0.2, -0.15) is 0 Å². The van der Waals surface area contributed by atoms with Crippen LogP contribution in [0.25, 0.3) is 10.9 Å². The minimum atomic E-state index is -0.105. The SMILES string of the molecule is Cc1cc2ccccc2n1CC(=O)N1CCOCC1C1CCCCC1=O. The lowest BCUT2D eigenvalue weighted by atomic mass is 9.82. The second kappa shape index (κ2) is 7.23. The average molecular weight is 354 g/mol. The van der Waals surface area contributed by atoms with E-state index in [-0.39, 0.29) is 17.9 Å². The summed E-state index contributed by atoms with van der Waals surface area (Å²) in [6.45, 7) is 3.96. The molecule has 1 aromatic heterocycles. The highest BCUT2D eigenvalue weighted by Gasteiger charge is 2.38. The number of carbonyl (C=O) groups excluding carboxylic acids is 2. The number of hydrogen-bond donors (Lipinski definition) is 0. The standard InChI is InChI=1S/C21H26N2O3/c1-15-12-16-6-2-4-8-18(16)23(15)13-21(25)22-10-11-26-14-19(22)17-7-3-5-9-20(17)24/h2,4,6,8,12,17,19H,3,5,7,9-11,13-14H2,1H3. The molecule has 2 fully saturated rings.